The van der Waals surface area contributed by atoms with Gasteiger partial charge in [-0.25, -0.2) is 4.68 Å². The monoisotopic (exact) mass is 424 g/mol. The summed E-state index contributed by atoms with van der Waals surface area (Å²) in [4.78, 5) is 17.8. The fourth-order valence-electron chi connectivity index (χ4n) is 4.31. The Kier molecular flexibility index (Phi) is 6.02. The standard InChI is InChI=1S/C24H29ClN4O/c1-4-28-22(23(25)24(30)29(28)20-10-6-5-7-11-20)17-26-13-15-27(16-14-26)21-12-8-9-18(2)19(21)3/h5-12H,4,13-17H2,1-3H3. The summed E-state index contributed by atoms with van der Waals surface area (Å²) in [5.41, 5.74) is 5.61. The van der Waals surface area contributed by atoms with Gasteiger partial charge in [0.1, 0.15) is 5.02 Å². The van der Waals surface area contributed by atoms with Crippen molar-refractivity contribution >= 4 is 17.3 Å². The van der Waals surface area contributed by atoms with E-state index in [9.17, 15) is 4.79 Å². The lowest BCUT2D eigenvalue weighted by Crippen LogP contribution is -2.46. The molecule has 0 N–H and O–H groups in total. The third-order valence-electron chi connectivity index (χ3n) is 6.15. The van der Waals surface area contributed by atoms with Gasteiger partial charge in [0.2, 0.25) is 0 Å². The van der Waals surface area contributed by atoms with Gasteiger partial charge in [-0.15, -0.1) is 0 Å². The number of halogens is 1. The van der Waals surface area contributed by atoms with Crippen molar-refractivity contribution in [2.45, 2.75) is 33.9 Å². The van der Waals surface area contributed by atoms with Gasteiger partial charge in [0.05, 0.1) is 11.4 Å². The van der Waals surface area contributed by atoms with E-state index in [0.717, 1.165) is 37.6 Å². The zero-order valence-corrected chi connectivity index (χ0v) is 18.7. The number of anilines is 1. The van der Waals surface area contributed by atoms with Crippen LogP contribution in [0.5, 0.6) is 0 Å². The maximum atomic E-state index is 12.9. The lowest BCUT2D eigenvalue weighted by atomic mass is 10.1. The lowest BCUT2D eigenvalue weighted by Gasteiger charge is -2.37. The Hall–Kier alpha value is -2.50. The Morgan fingerprint density at radius 1 is 0.933 bits per heavy atom. The molecule has 30 heavy (non-hydrogen) atoms. The van der Waals surface area contributed by atoms with Crippen molar-refractivity contribution in [1.29, 1.82) is 0 Å². The van der Waals surface area contributed by atoms with Gasteiger partial charge in [-0.2, -0.15) is 0 Å². The first-order valence-electron chi connectivity index (χ1n) is 10.6. The van der Waals surface area contributed by atoms with Gasteiger partial charge in [0.15, 0.2) is 0 Å². The smallest absolute Gasteiger partial charge is 0.290 e. The van der Waals surface area contributed by atoms with Gasteiger partial charge in [0, 0.05) is 45.0 Å². The van der Waals surface area contributed by atoms with Crippen molar-refractivity contribution in [2.24, 2.45) is 0 Å². The van der Waals surface area contributed by atoms with Crippen LogP contribution in [0.3, 0.4) is 0 Å². The first-order chi connectivity index (χ1) is 14.5. The van der Waals surface area contributed by atoms with E-state index in [2.05, 4.69) is 48.8 Å². The number of hydrogen-bond acceptors (Lipinski definition) is 3. The molecule has 0 spiro atoms. The first-order valence-corrected chi connectivity index (χ1v) is 11.0. The molecule has 1 aliphatic rings. The maximum absolute atomic E-state index is 12.9. The quantitative estimate of drug-likeness (QED) is 0.613. The second-order valence-electron chi connectivity index (χ2n) is 7.91. The molecule has 0 bridgehead atoms. The average molecular weight is 425 g/mol. The molecule has 1 saturated heterocycles. The summed E-state index contributed by atoms with van der Waals surface area (Å²) in [6.07, 6.45) is 0. The molecule has 1 aliphatic heterocycles. The Labute approximate surface area is 183 Å². The molecule has 0 radical (unpaired) electrons. The molecule has 1 aromatic heterocycles. The van der Waals surface area contributed by atoms with Crippen molar-refractivity contribution in [1.82, 2.24) is 14.3 Å². The highest BCUT2D eigenvalue weighted by molar-refractivity contribution is 6.31. The van der Waals surface area contributed by atoms with E-state index in [-0.39, 0.29) is 5.56 Å². The number of rotatable bonds is 5. The third kappa shape index (κ3) is 3.80. The minimum absolute atomic E-state index is 0.145. The van der Waals surface area contributed by atoms with Crippen LogP contribution in [0.1, 0.15) is 23.7 Å². The molecule has 0 aliphatic carbocycles. The highest BCUT2D eigenvalue weighted by Gasteiger charge is 2.24. The Balaban J connectivity index is 1.53. The molecular formula is C24H29ClN4O. The van der Waals surface area contributed by atoms with E-state index in [4.69, 9.17) is 11.6 Å². The summed E-state index contributed by atoms with van der Waals surface area (Å²) in [5.74, 6) is 0. The number of nitrogens with zero attached hydrogens (tertiary/aromatic N) is 4. The number of para-hydroxylation sites is 1. The second kappa shape index (κ2) is 8.70. The normalized spacial score (nSPS) is 15.0. The molecule has 158 valence electrons. The van der Waals surface area contributed by atoms with E-state index in [1.165, 1.54) is 16.8 Å². The van der Waals surface area contributed by atoms with Crippen LogP contribution in [-0.4, -0.2) is 40.4 Å². The van der Waals surface area contributed by atoms with Gasteiger partial charge in [-0.3, -0.25) is 14.4 Å². The minimum Gasteiger partial charge on any atom is -0.369 e. The Morgan fingerprint density at radius 3 is 2.30 bits per heavy atom. The molecule has 0 unspecified atom stereocenters. The van der Waals surface area contributed by atoms with Crippen molar-refractivity contribution in [2.75, 3.05) is 31.1 Å². The van der Waals surface area contributed by atoms with Crippen LogP contribution in [0.2, 0.25) is 5.02 Å². The zero-order chi connectivity index (χ0) is 21.3. The van der Waals surface area contributed by atoms with E-state index in [0.29, 0.717) is 18.1 Å². The Bertz CT molecular complexity index is 1080. The van der Waals surface area contributed by atoms with E-state index in [1.807, 2.05) is 35.0 Å². The summed E-state index contributed by atoms with van der Waals surface area (Å²) in [7, 11) is 0. The molecule has 2 heterocycles. The summed E-state index contributed by atoms with van der Waals surface area (Å²) in [5, 5.41) is 0.331. The molecule has 5 nitrogen and oxygen atoms in total. The molecule has 6 heteroatoms. The van der Waals surface area contributed by atoms with Crippen LogP contribution in [-0.2, 0) is 13.1 Å². The molecule has 0 amide bonds. The third-order valence-corrected chi connectivity index (χ3v) is 6.53. The van der Waals surface area contributed by atoms with Crippen molar-refractivity contribution in [3.05, 3.63) is 80.7 Å². The summed E-state index contributed by atoms with van der Waals surface area (Å²) < 4.78 is 3.71. The van der Waals surface area contributed by atoms with Crippen LogP contribution in [0.4, 0.5) is 5.69 Å². The van der Waals surface area contributed by atoms with Gasteiger partial charge in [-0.05, 0) is 50.1 Å². The molecular weight excluding hydrogens is 396 g/mol. The SMILES string of the molecule is CCn1c(CN2CCN(c3cccc(C)c3C)CC2)c(Cl)c(=O)n1-c1ccccc1. The summed E-state index contributed by atoms with van der Waals surface area (Å²) in [6, 6.07) is 16.2. The van der Waals surface area contributed by atoms with Crippen molar-refractivity contribution in [3.8, 4) is 5.69 Å². The van der Waals surface area contributed by atoms with E-state index >= 15 is 0 Å². The van der Waals surface area contributed by atoms with Crippen molar-refractivity contribution in [3.63, 3.8) is 0 Å². The number of piperazine rings is 1. The molecule has 2 aromatic carbocycles. The minimum atomic E-state index is -0.145. The van der Waals surface area contributed by atoms with Gasteiger partial charge < -0.3 is 4.90 Å². The summed E-state index contributed by atoms with van der Waals surface area (Å²) in [6.45, 7) is 11.6. The predicted octanol–water partition coefficient (Wildman–Crippen LogP) is 4.25. The number of aromatic nitrogens is 2. The van der Waals surface area contributed by atoms with Crippen LogP contribution in [0, 0.1) is 13.8 Å². The maximum Gasteiger partial charge on any atom is 0.290 e. The molecule has 1 fully saturated rings. The second-order valence-corrected chi connectivity index (χ2v) is 8.29. The predicted molar refractivity (Wildman–Crippen MR) is 124 cm³/mol. The van der Waals surface area contributed by atoms with Crippen LogP contribution < -0.4 is 10.5 Å². The Morgan fingerprint density at radius 2 is 1.63 bits per heavy atom. The largest absolute Gasteiger partial charge is 0.369 e. The molecule has 0 saturated carbocycles. The van der Waals surface area contributed by atoms with Gasteiger partial charge in [-0.1, -0.05) is 41.9 Å². The number of aryl methyl sites for hydroxylation is 1. The van der Waals surface area contributed by atoms with Crippen molar-refractivity contribution < 1.29 is 0 Å². The number of benzene rings is 2. The molecule has 0 atom stereocenters. The van der Waals surface area contributed by atoms with Gasteiger partial charge in [0.25, 0.3) is 5.56 Å². The van der Waals surface area contributed by atoms with E-state index in [1.54, 1.807) is 4.68 Å². The average Bonchev–Trinajstić information content (AvgIpc) is 3.01. The highest BCUT2D eigenvalue weighted by atomic mass is 35.5. The van der Waals surface area contributed by atoms with Crippen LogP contribution >= 0.6 is 11.6 Å². The van der Waals surface area contributed by atoms with Crippen LogP contribution in [0.25, 0.3) is 5.69 Å². The highest BCUT2D eigenvalue weighted by Crippen LogP contribution is 2.25. The van der Waals surface area contributed by atoms with E-state index < -0.39 is 0 Å². The fraction of sp³-hybridized carbons (Fsp3) is 0.375. The van der Waals surface area contributed by atoms with Gasteiger partial charge >= 0.3 is 0 Å². The molecule has 3 aromatic rings. The summed E-state index contributed by atoms with van der Waals surface area (Å²) >= 11 is 6.54. The number of hydrogen-bond donors (Lipinski definition) is 0. The lowest BCUT2D eigenvalue weighted by molar-refractivity contribution is 0.241. The molecule has 4 rings (SSSR count). The van der Waals surface area contributed by atoms with Crippen LogP contribution in [0.15, 0.2) is 53.3 Å². The first kappa shape index (κ1) is 20.8. The fourth-order valence-corrected chi connectivity index (χ4v) is 4.54. The zero-order valence-electron chi connectivity index (χ0n) is 17.9. The topological polar surface area (TPSA) is 33.4 Å².